The normalized spacial score (nSPS) is 18.9. The number of carbonyl (C=O) groups is 2. The maximum Gasteiger partial charge on any atom is 0.340 e. The van der Waals surface area contributed by atoms with Crippen LogP contribution in [0.2, 0.25) is 0 Å². The first-order chi connectivity index (χ1) is 19.2. The Bertz CT molecular complexity index is 1360. The van der Waals surface area contributed by atoms with Crippen LogP contribution in [0, 0.1) is 17.7 Å². The summed E-state index contributed by atoms with van der Waals surface area (Å²) in [6.07, 6.45) is 10.4. The van der Waals surface area contributed by atoms with E-state index in [1.165, 1.54) is 24.1 Å². The number of hydrogen-bond acceptors (Lipinski definition) is 7. The van der Waals surface area contributed by atoms with Crippen molar-refractivity contribution < 1.29 is 23.5 Å². The first-order valence-electron chi connectivity index (χ1n) is 14.0. The molecule has 212 valence electrons. The summed E-state index contributed by atoms with van der Waals surface area (Å²) in [5.41, 5.74) is 2.03. The van der Waals surface area contributed by atoms with Crippen LogP contribution in [-0.4, -0.2) is 45.0 Å². The van der Waals surface area contributed by atoms with Crippen LogP contribution in [0.4, 0.5) is 10.1 Å². The molecule has 0 spiro atoms. The zero-order valence-corrected chi connectivity index (χ0v) is 23.5. The van der Waals surface area contributed by atoms with Gasteiger partial charge in [-0.1, -0.05) is 6.92 Å². The SMILES string of the molecule is COC(=O)c1cc(Oc2ncc(Cn3nccn3)cc2C2CC2)c(F)cc1N(C(=O)[C@H]1CC[C@H](C)CC1)C(C)C. The minimum atomic E-state index is -0.688. The molecule has 0 N–H and O–H groups in total. The van der Waals surface area contributed by atoms with Gasteiger partial charge in [0, 0.05) is 35.9 Å². The molecule has 2 heterocycles. The largest absolute Gasteiger partial charge is 0.465 e. The van der Waals surface area contributed by atoms with Crippen molar-refractivity contribution in [1.82, 2.24) is 20.0 Å². The summed E-state index contributed by atoms with van der Waals surface area (Å²) < 4.78 is 26.7. The lowest BCUT2D eigenvalue weighted by atomic mass is 9.82. The number of amides is 1. The molecule has 2 fully saturated rings. The molecular formula is C30H36FN5O4. The number of hydrogen-bond donors (Lipinski definition) is 0. The Morgan fingerprint density at radius 2 is 1.77 bits per heavy atom. The second-order valence-electron chi connectivity index (χ2n) is 11.2. The lowest BCUT2D eigenvalue weighted by Crippen LogP contribution is -2.43. The zero-order chi connectivity index (χ0) is 28.4. The fraction of sp³-hybridized carbons (Fsp3) is 0.500. The third-order valence-electron chi connectivity index (χ3n) is 7.78. The monoisotopic (exact) mass is 549 g/mol. The number of carbonyl (C=O) groups excluding carboxylic acids is 2. The summed E-state index contributed by atoms with van der Waals surface area (Å²) in [4.78, 5) is 34.2. The molecule has 0 aliphatic heterocycles. The second kappa shape index (κ2) is 11.7. The Kier molecular flexibility index (Phi) is 8.14. The molecule has 1 amide bonds. The maximum absolute atomic E-state index is 15.7. The molecule has 2 aliphatic carbocycles. The molecule has 0 radical (unpaired) electrons. The van der Waals surface area contributed by atoms with E-state index in [0.717, 1.165) is 49.7 Å². The van der Waals surface area contributed by atoms with Crippen molar-refractivity contribution in [2.75, 3.05) is 12.0 Å². The predicted octanol–water partition coefficient (Wildman–Crippen LogP) is 5.88. The van der Waals surface area contributed by atoms with E-state index in [9.17, 15) is 9.59 Å². The van der Waals surface area contributed by atoms with Crippen LogP contribution in [0.15, 0.2) is 36.8 Å². The van der Waals surface area contributed by atoms with E-state index in [1.54, 1.807) is 23.4 Å². The molecule has 10 heteroatoms. The molecule has 0 atom stereocenters. The minimum Gasteiger partial charge on any atom is -0.465 e. The van der Waals surface area contributed by atoms with Crippen molar-refractivity contribution in [2.45, 2.75) is 77.8 Å². The number of halogens is 1. The molecule has 1 aromatic carbocycles. The van der Waals surface area contributed by atoms with E-state index in [-0.39, 0.29) is 46.7 Å². The number of benzene rings is 1. The molecule has 40 heavy (non-hydrogen) atoms. The topological polar surface area (TPSA) is 99.4 Å². The van der Waals surface area contributed by atoms with Gasteiger partial charge >= 0.3 is 5.97 Å². The van der Waals surface area contributed by atoms with Gasteiger partial charge in [-0.3, -0.25) is 4.79 Å². The number of aromatic nitrogens is 4. The Morgan fingerprint density at radius 1 is 1.07 bits per heavy atom. The summed E-state index contributed by atoms with van der Waals surface area (Å²) >= 11 is 0. The van der Waals surface area contributed by atoms with E-state index in [1.807, 2.05) is 19.9 Å². The fourth-order valence-electron chi connectivity index (χ4n) is 5.41. The van der Waals surface area contributed by atoms with Gasteiger partial charge in [0.25, 0.3) is 0 Å². The van der Waals surface area contributed by atoms with Crippen LogP contribution in [0.1, 0.15) is 86.7 Å². The van der Waals surface area contributed by atoms with Crippen molar-refractivity contribution in [3.05, 3.63) is 59.3 Å². The van der Waals surface area contributed by atoms with Gasteiger partial charge in [0.05, 0.1) is 37.3 Å². The van der Waals surface area contributed by atoms with E-state index in [2.05, 4.69) is 22.1 Å². The molecule has 2 aromatic heterocycles. The summed E-state index contributed by atoms with van der Waals surface area (Å²) in [6.45, 7) is 6.37. The molecule has 0 saturated heterocycles. The van der Waals surface area contributed by atoms with Crippen molar-refractivity contribution in [1.29, 1.82) is 0 Å². The Morgan fingerprint density at radius 3 is 2.40 bits per heavy atom. The highest BCUT2D eigenvalue weighted by Crippen LogP contribution is 2.45. The van der Waals surface area contributed by atoms with Gasteiger partial charge in [0.2, 0.25) is 11.8 Å². The average molecular weight is 550 g/mol. The molecule has 2 aliphatic rings. The van der Waals surface area contributed by atoms with Gasteiger partial charge < -0.3 is 14.4 Å². The first-order valence-corrected chi connectivity index (χ1v) is 14.0. The predicted molar refractivity (Wildman–Crippen MR) is 147 cm³/mol. The molecular weight excluding hydrogens is 513 g/mol. The first kappa shape index (κ1) is 27.7. The minimum absolute atomic E-state index is 0.0690. The van der Waals surface area contributed by atoms with E-state index in [0.29, 0.717) is 12.5 Å². The number of ether oxygens (including phenoxy) is 2. The van der Waals surface area contributed by atoms with Gasteiger partial charge in [0.15, 0.2) is 11.6 Å². The smallest absolute Gasteiger partial charge is 0.340 e. The van der Waals surface area contributed by atoms with Crippen LogP contribution in [0.5, 0.6) is 11.6 Å². The molecule has 2 saturated carbocycles. The molecule has 0 bridgehead atoms. The van der Waals surface area contributed by atoms with Crippen LogP contribution in [-0.2, 0) is 16.1 Å². The zero-order valence-electron chi connectivity index (χ0n) is 23.5. The number of nitrogens with zero attached hydrogens (tertiary/aromatic N) is 5. The third kappa shape index (κ3) is 6.00. The molecule has 5 rings (SSSR count). The number of anilines is 1. The van der Waals surface area contributed by atoms with Gasteiger partial charge in [0.1, 0.15) is 0 Å². The van der Waals surface area contributed by atoms with E-state index >= 15 is 4.39 Å². The lowest BCUT2D eigenvalue weighted by molar-refractivity contribution is -0.123. The summed E-state index contributed by atoms with van der Waals surface area (Å²) in [5, 5.41) is 8.29. The van der Waals surface area contributed by atoms with Gasteiger partial charge in [-0.25, -0.2) is 14.2 Å². The number of esters is 1. The fourth-order valence-corrected chi connectivity index (χ4v) is 5.41. The van der Waals surface area contributed by atoms with Gasteiger partial charge in [-0.05, 0) is 75.8 Å². The van der Waals surface area contributed by atoms with Crippen molar-refractivity contribution in [2.24, 2.45) is 11.8 Å². The van der Waals surface area contributed by atoms with E-state index < -0.39 is 11.8 Å². The highest BCUT2D eigenvalue weighted by atomic mass is 19.1. The molecule has 0 unspecified atom stereocenters. The van der Waals surface area contributed by atoms with Crippen LogP contribution >= 0.6 is 0 Å². The second-order valence-corrected chi connectivity index (χ2v) is 11.2. The van der Waals surface area contributed by atoms with Crippen LogP contribution < -0.4 is 9.64 Å². The van der Waals surface area contributed by atoms with Crippen molar-refractivity contribution in [3.63, 3.8) is 0 Å². The maximum atomic E-state index is 15.7. The van der Waals surface area contributed by atoms with Gasteiger partial charge in [-0.15, -0.1) is 0 Å². The summed E-state index contributed by atoms with van der Waals surface area (Å²) in [6, 6.07) is 4.23. The third-order valence-corrected chi connectivity index (χ3v) is 7.78. The average Bonchev–Trinajstić information content (AvgIpc) is 3.66. The highest BCUT2D eigenvalue weighted by Gasteiger charge is 2.34. The number of methoxy groups -OCH3 is 1. The van der Waals surface area contributed by atoms with Crippen LogP contribution in [0.25, 0.3) is 0 Å². The number of pyridine rings is 1. The Labute approximate surface area is 233 Å². The molecule has 9 nitrogen and oxygen atoms in total. The Balaban J connectivity index is 1.47. The number of rotatable bonds is 9. The van der Waals surface area contributed by atoms with Crippen molar-refractivity contribution in [3.8, 4) is 11.6 Å². The summed E-state index contributed by atoms with van der Waals surface area (Å²) in [5.74, 6) is -0.634. The molecule has 3 aromatic rings. The Hall–Kier alpha value is -3.82. The van der Waals surface area contributed by atoms with E-state index in [4.69, 9.17) is 9.47 Å². The van der Waals surface area contributed by atoms with Gasteiger partial charge in [-0.2, -0.15) is 15.0 Å². The standard InChI is InChI=1S/C30H36FN5O4/c1-18(2)36(29(37)22-7-5-19(3)6-8-22)26-15-25(31)27(14-24(26)30(38)39-4)40-28-23(21-9-10-21)13-20(16-32-28)17-35-33-11-12-34-35/h11-16,18-19,21-22H,5-10,17H2,1-4H3/t19-,22-. The van der Waals surface area contributed by atoms with Crippen LogP contribution in [0.3, 0.4) is 0 Å². The van der Waals surface area contributed by atoms with Crippen molar-refractivity contribution >= 4 is 17.6 Å². The highest BCUT2D eigenvalue weighted by molar-refractivity contribution is 6.04. The lowest BCUT2D eigenvalue weighted by Gasteiger charge is -2.34. The summed E-state index contributed by atoms with van der Waals surface area (Å²) in [7, 11) is 1.26. The quantitative estimate of drug-likeness (QED) is 0.307.